The number of nitrogens with one attached hydrogen (secondary N) is 2. The number of aromatic amines is 1. The monoisotopic (exact) mass is 435 g/mol. The molecule has 1 aliphatic carbocycles. The highest BCUT2D eigenvalue weighted by Crippen LogP contribution is 2.31. The van der Waals surface area contributed by atoms with Crippen LogP contribution in [0.1, 0.15) is 64.6 Å². The van der Waals surface area contributed by atoms with Gasteiger partial charge in [0.1, 0.15) is 0 Å². The van der Waals surface area contributed by atoms with E-state index >= 15 is 0 Å². The molecule has 0 aliphatic heterocycles. The quantitative estimate of drug-likeness (QED) is 0.516. The summed E-state index contributed by atoms with van der Waals surface area (Å²) >= 11 is 6.16. The predicted octanol–water partition coefficient (Wildman–Crippen LogP) is 5.18. The van der Waals surface area contributed by atoms with Crippen molar-refractivity contribution >= 4 is 29.2 Å². The number of allylic oxidation sites excluding steroid dienone is 1. The average Bonchev–Trinajstić information content (AvgIpc) is 3.18. The van der Waals surface area contributed by atoms with Gasteiger partial charge in [-0.15, -0.1) is 0 Å². The van der Waals surface area contributed by atoms with Crippen LogP contribution in [0.3, 0.4) is 0 Å². The third-order valence-corrected chi connectivity index (χ3v) is 5.89. The van der Waals surface area contributed by atoms with Crippen molar-refractivity contribution in [2.45, 2.75) is 38.1 Å². The number of aliphatic hydroxyl groups excluding tert-OH is 1. The Hall–Kier alpha value is -2.89. The number of aliphatic hydroxyl groups is 1. The molecule has 6 heteroatoms. The molecule has 0 spiro atoms. The molecule has 5 nitrogen and oxygen atoms in total. The van der Waals surface area contributed by atoms with Crippen LogP contribution in [0.15, 0.2) is 54.6 Å². The Morgan fingerprint density at radius 3 is 2.71 bits per heavy atom. The number of amides is 1. The molecule has 1 heterocycles. The third kappa shape index (κ3) is 5.06. The van der Waals surface area contributed by atoms with E-state index in [1.165, 1.54) is 0 Å². The molecular formula is C25H26ClN3O2. The molecule has 31 heavy (non-hydrogen) atoms. The fourth-order valence-corrected chi connectivity index (χ4v) is 4.27. The smallest absolute Gasteiger partial charge is 0.272 e. The summed E-state index contributed by atoms with van der Waals surface area (Å²) in [5, 5.41) is 20.9. The largest absolute Gasteiger partial charge is 0.394 e. The Bertz CT molecular complexity index is 1080. The van der Waals surface area contributed by atoms with Gasteiger partial charge in [0.2, 0.25) is 0 Å². The van der Waals surface area contributed by atoms with Gasteiger partial charge < -0.3 is 10.4 Å². The zero-order chi connectivity index (χ0) is 21.6. The molecule has 3 aromatic rings. The Morgan fingerprint density at radius 1 is 1.13 bits per heavy atom. The minimum atomic E-state index is -0.476. The summed E-state index contributed by atoms with van der Waals surface area (Å²) < 4.78 is 0. The molecule has 0 unspecified atom stereocenters. The van der Waals surface area contributed by atoms with Gasteiger partial charge in [-0.25, -0.2) is 0 Å². The lowest BCUT2D eigenvalue weighted by Crippen LogP contribution is -2.31. The van der Waals surface area contributed by atoms with Crippen LogP contribution in [-0.2, 0) is 6.42 Å². The van der Waals surface area contributed by atoms with Gasteiger partial charge in [-0.2, -0.15) is 5.10 Å². The molecular weight excluding hydrogens is 410 g/mol. The van der Waals surface area contributed by atoms with Crippen LogP contribution in [0.5, 0.6) is 0 Å². The van der Waals surface area contributed by atoms with Gasteiger partial charge in [0.25, 0.3) is 5.91 Å². The van der Waals surface area contributed by atoms with Gasteiger partial charge in [-0.05, 0) is 60.6 Å². The molecule has 1 aliphatic rings. The minimum absolute atomic E-state index is 0.178. The second kappa shape index (κ2) is 9.94. The highest BCUT2D eigenvalue weighted by Gasteiger charge is 2.24. The molecule has 0 saturated carbocycles. The summed E-state index contributed by atoms with van der Waals surface area (Å²) in [6.45, 7) is -0.178. The van der Waals surface area contributed by atoms with E-state index < -0.39 is 6.04 Å². The van der Waals surface area contributed by atoms with E-state index in [4.69, 9.17) is 11.6 Å². The van der Waals surface area contributed by atoms with E-state index in [1.807, 2.05) is 54.6 Å². The topological polar surface area (TPSA) is 78.0 Å². The van der Waals surface area contributed by atoms with Gasteiger partial charge in [0.05, 0.1) is 18.3 Å². The first kappa shape index (κ1) is 21.3. The lowest BCUT2D eigenvalue weighted by molar-refractivity contribution is 0.0910. The SMILES string of the molecule is O=C(N[C@@H](CO)c1ccccc1)c1n[nH]c2c1CCCCC/C2=C\c1cccc(Cl)c1. The summed E-state index contributed by atoms with van der Waals surface area (Å²) in [6.07, 6.45) is 7.02. The third-order valence-electron chi connectivity index (χ3n) is 5.66. The van der Waals surface area contributed by atoms with Crippen molar-refractivity contribution in [2.75, 3.05) is 6.61 Å². The predicted molar refractivity (Wildman–Crippen MR) is 124 cm³/mol. The normalized spacial score (nSPS) is 16.3. The number of aromatic nitrogens is 2. The van der Waals surface area contributed by atoms with E-state index in [9.17, 15) is 9.90 Å². The highest BCUT2D eigenvalue weighted by molar-refractivity contribution is 6.30. The lowest BCUT2D eigenvalue weighted by atomic mass is 9.92. The molecule has 1 amide bonds. The zero-order valence-electron chi connectivity index (χ0n) is 17.3. The van der Waals surface area contributed by atoms with E-state index in [1.54, 1.807) is 0 Å². The van der Waals surface area contributed by atoms with Gasteiger partial charge in [-0.1, -0.05) is 60.5 Å². The van der Waals surface area contributed by atoms with Crippen LogP contribution < -0.4 is 5.32 Å². The van der Waals surface area contributed by atoms with Crippen LogP contribution in [0.25, 0.3) is 11.6 Å². The number of rotatable bonds is 5. The van der Waals surface area contributed by atoms with Crippen molar-refractivity contribution in [1.29, 1.82) is 0 Å². The maximum Gasteiger partial charge on any atom is 0.272 e. The van der Waals surface area contributed by atoms with Crippen LogP contribution in [0, 0.1) is 0 Å². The maximum atomic E-state index is 13.1. The van der Waals surface area contributed by atoms with Gasteiger partial charge in [0, 0.05) is 10.6 Å². The summed E-state index contributed by atoms with van der Waals surface area (Å²) in [5.74, 6) is -0.275. The minimum Gasteiger partial charge on any atom is -0.394 e. The van der Waals surface area contributed by atoms with Gasteiger partial charge in [0.15, 0.2) is 5.69 Å². The van der Waals surface area contributed by atoms with E-state index in [0.717, 1.165) is 60.1 Å². The highest BCUT2D eigenvalue weighted by atomic mass is 35.5. The van der Waals surface area contributed by atoms with Gasteiger partial charge >= 0.3 is 0 Å². The number of H-pyrrole nitrogens is 1. The second-order valence-corrected chi connectivity index (χ2v) is 8.27. The molecule has 0 fully saturated rings. The van der Waals surface area contributed by atoms with Crippen LogP contribution in [0.2, 0.25) is 5.02 Å². The van der Waals surface area contributed by atoms with Crippen molar-refractivity contribution in [2.24, 2.45) is 0 Å². The van der Waals surface area contributed by atoms with Crippen molar-refractivity contribution in [1.82, 2.24) is 15.5 Å². The summed E-state index contributed by atoms with van der Waals surface area (Å²) in [5.41, 5.74) is 5.28. The molecule has 2 aromatic carbocycles. The lowest BCUT2D eigenvalue weighted by Gasteiger charge is -2.17. The molecule has 0 radical (unpaired) electrons. The average molecular weight is 436 g/mol. The number of benzene rings is 2. The van der Waals surface area contributed by atoms with E-state index in [2.05, 4.69) is 21.6 Å². The maximum absolute atomic E-state index is 13.1. The fourth-order valence-electron chi connectivity index (χ4n) is 4.07. The van der Waals surface area contributed by atoms with E-state index in [0.29, 0.717) is 10.7 Å². The van der Waals surface area contributed by atoms with Crippen molar-refractivity contribution in [3.63, 3.8) is 0 Å². The fraction of sp³-hybridized carbons (Fsp3) is 0.280. The van der Waals surface area contributed by atoms with Crippen molar-refractivity contribution in [3.8, 4) is 0 Å². The first-order valence-corrected chi connectivity index (χ1v) is 11.0. The van der Waals surface area contributed by atoms with E-state index in [-0.39, 0.29) is 12.5 Å². The van der Waals surface area contributed by atoms with Gasteiger partial charge in [-0.3, -0.25) is 9.89 Å². The number of hydrogen-bond acceptors (Lipinski definition) is 3. The Morgan fingerprint density at radius 2 is 1.94 bits per heavy atom. The number of nitrogens with zero attached hydrogens (tertiary/aromatic N) is 1. The number of hydrogen-bond donors (Lipinski definition) is 3. The Balaban J connectivity index is 1.64. The molecule has 0 saturated heterocycles. The number of fused-ring (bicyclic) bond motifs is 1. The Labute approximate surface area is 187 Å². The van der Waals surface area contributed by atoms with Crippen LogP contribution in [-0.4, -0.2) is 27.8 Å². The molecule has 3 N–H and O–H groups in total. The summed E-state index contributed by atoms with van der Waals surface area (Å²) in [6, 6.07) is 16.7. The number of carbonyl (C=O) groups excluding carboxylic acids is 1. The standard InChI is InChI=1S/C25H26ClN3O2/c26-20-12-7-8-17(15-20)14-19-11-5-2-6-13-21-23(19)28-29-24(21)25(31)27-22(16-30)18-9-3-1-4-10-18/h1,3-4,7-10,12,14-15,22,30H,2,5-6,11,13,16H2,(H,27,31)(H,28,29)/b19-14+/t22-/m0/s1. The first-order chi connectivity index (χ1) is 15.2. The summed E-state index contributed by atoms with van der Waals surface area (Å²) in [4.78, 5) is 13.1. The molecule has 160 valence electrons. The summed E-state index contributed by atoms with van der Waals surface area (Å²) in [7, 11) is 0. The molecule has 1 aromatic heterocycles. The molecule has 0 bridgehead atoms. The molecule has 4 rings (SSSR count). The van der Waals surface area contributed by atoms with Crippen LogP contribution in [0.4, 0.5) is 0 Å². The first-order valence-electron chi connectivity index (χ1n) is 10.7. The number of carbonyl (C=O) groups is 1. The van der Waals surface area contributed by atoms with Crippen molar-refractivity contribution in [3.05, 3.63) is 87.7 Å². The second-order valence-electron chi connectivity index (χ2n) is 7.83. The van der Waals surface area contributed by atoms with Crippen LogP contribution >= 0.6 is 11.6 Å². The Kier molecular flexibility index (Phi) is 6.85. The van der Waals surface area contributed by atoms with Crippen molar-refractivity contribution < 1.29 is 9.90 Å². The number of halogens is 1. The zero-order valence-corrected chi connectivity index (χ0v) is 18.0. The molecule has 1 atom stereocenters.